The summed E-state index contributed by atoms with van der Waals surface area (Å²) in [5.41, 5.74) is 26.2. The molecule has 12 rings (SSSR count). The SMILES string of the molecule is Cc1nc(N2CCC(C)(N)CC2)c2nncn2c1Sc1ccnc(N)c1Cl.Cc1nc(N2CCC(C)(NC(=O)OC(C)(C)C)CC2)c2nncn2c1Br.Cc1nc(N2CCC(C)(NC(=O)OC(C)(C)C)CC2)c2nncn2c1Sc1ccnc(N)c1Cl.Nc1[nH]ccc(=S)c1Cl. The average Bonchev–Trinajstić information content (AvgIpc) is 1.45. The van der Waals surface area contributed by atoms with E-state index in [1.165, 1.54) is 23.5 Å². The van der Waals surface area contributed by atoms with Crippen LogP contribution in [0.15, 0.2) is 80.2 Å². The molecule has 0 unspecified atom stereocenters. The zero-order chi connectivity index (χ0) is 69.8. The quantitative estimate of drug-likeness (QED) is 0.0660. The average molecular weight is 1500 g/mol. The molecule has 0 aliphatic carbocycles. The van der Waals surface area contributed by atoms with E-state index in [0.717, 1.165) is 135 Å². The van der Waals surface area contributed by atoms with Gasteiger partial charge in [-0.05, 0) is 156 Å². The van der Waals surface area contributed by atoms with Gasteiger partial charge in [0, 0.05) is 84.3 Å². The number of piperidine rings is 3. The molecule has 11 N–H and O–H groups in total. The number of nitrogens with one attached hydrogen (secondary N) is 3. The predicted octanol–water partition coefficient (Wildman–Crippen LogP) is 11.7. The highest BCUT2D eigenvalue weighted by molar-refractivity contribution is 9.10. The number of ether oxygens (including phenoxy) is 2. The van der Waals surface area contributed by atoms with Crippen molar-refractivity contribution in [1.29, 1.82) is 0 Å². The van der Waals surface area contributed by atoms with Crippen molar-refractivity contribution in [1.82, 2.24) is 84.3 Å². The summed E-state index contributed by atoms with van der Waals surface area (Å²) in [5.74, 6) is 3.43. The van der Waals surface area contributed by atoms with Crippen LogP contribution < -0.4 is 48.3 Å². The van der Waals surface area contributed by atoms with Crippen molar-refractivity contribution >= 4 is 151 Å². The number of rotatable bonds is 9. The number of aromatic amines is 1. The van der Waals surface area contributed by atoms with Gasteiger partial charge >= 0.3 is 12.2 Å². The maximum atomic E-state index is 12.3. The van der Waals surface area contributed by atoms with Crippen LogP contribution in [0.1, 0.15) is 118 Å². The van der Waals surface area contributed by atoms with Crippen LogP contribution in [0.5, 0.6) is 0 Å². The first-order valence-corrected chi connectivity index (χ1v) is 34.7. The number of hydrogen-bond donors (Lipinski definition) is 7. The number of halogens is 4. The summed E-state index contributed by atoms with van der Waals surface area (Å²) < 4.78 is 18.0. The monoisotopic (exact) mass is 1490 g/mol. The van der Waals surface area contributed by atoms with Gasteiger partial charge in [0.25, 0.3) is 0 Å². The standard InChI is InChI=1S/C22H29ClN8O2S.C17H25BrN6O2.C17H21ClN8S.C5H5ClN2S/c1-13-19(34-14-6-9-25-16(24)15(14)23)31-12-26-29-18(31)17(27-13)30-10-7-22(5,8-11-30)28-20(32)33-21(2,3)4;1-11-12(18)24-10-19-22-14(24)13(20-11)23-8-6-17(5,7-9-23)21-15(25)26-16(2,3)4;1-10-16(27-11-3-6-21-13(19)12(11)18)26-9-22-24-15(26)14(23-10)25-7-4-17(2,20)5-8-25;6-4-3(9)1-2-8-5(4)7/h6,9,12H,7-8,10-11H2,1-5H3,(H2,24,25)(H,28,32);10H,6-9H2,1-5H3,(H,21,25);3,6,9H,4-5,7-8,20H2,1-2H3,(H2,19,21);1-2H,(H3,7,8,9). The smallest absolute Gasteiger partial charge is 0.408 e. The molecule has 0 aromatic carbocycles. The summed E-state index contributed by atoms with van der Waals surface area (Å²) in [6, 6.07) is 5.34. The molecule has 3 aliphatic heterocycles. The number of nitrogens with two attached hydrogens (primary N) is 4. The summed E-state index contributed by atoms with van der Waals surface area (Å²) in [4.78, 5) is 57.8. The lowest BCUT2D eigenvalue weighted by Gasteiger charge is -2.40. The van der Waals surface area contributed by atoms with Crippen LogP contribution >= 0.6 is 86.5 Å². The van der Waals surface area contributed by atoms with Crippen molar-refractivity contribution in [3.8, 4) is 0 Å². The van der Waals surface area contributed by atoms with Crippen molar-refractivity contribution in [2.24, 2.45) is 5.73 Å². The molecule has 3 aliphatic rings. The van der Waals surface area contributed by atoms with Gasteiger partial charge < -0.3 is 62.7 Å². The number of alkyl carbamates (subject to hydrolysis) is 2. The third-order valence-electron chi connectivity index (χ3n) is 15.9. The molecule has 3 fully saturated rings. The Kier molecular flexibility index (Phi) is 22.6. The first-order valence-electron chi connectivity index (χ1n) is 30.7. The number of anilines is 6. The van der Waals surface area contributed by atoms with E-state index >= 15 is 0 Å². The van der Waals surface area contributed by atoms with Crippen molar-refractivity contribution in [2.75, 3.05) is 71.2 Å². The van der Waals surface area contributed by atoms with Crippen molar-refractivity contribution < 1.29 is 19.1 Å². The van der Waals surface area contributed by atoms with E-state index in [0.29, 0.717) is 50.0 Å². The molecule has 2 amide bonds. The molecule has 0 saturated carbocycles. The van der Waals surface area contributed by atoms with Crippen LogP contribution in [0.4, 0.5) is 44.5 Å². The van der Waals surface area contributed by atoms with Gasteiger partial charge in [-0.3, -0.25) is 13.2 Å². The summed E-state index contributed by atoms with van der Waals surface area (Å²) in [6.07, 6.45) is 14.1. The Morgan fingerprint density at radius 1 is 0.594 bits per heavy atom. The summed E-state index contributed by atoms with van der Waals surface area (Å²) in [6.45, 7) is 27.9. The van der Waals surface area contributed by atoms with Crippen LogP contribution in [0, 0.1) is 25.3 Å². The molecule has 3 saturated heterocycles. The van der Waals surface area contributed by atoms with Gasteiger partial charge in [-0.1, -0.05) is 70.5 Å². The first-order chi connectivity index (χ1) is 45.1. The Hall–Kier alpha value is -7.33. The van der Waals surface area contributed by atoms with Crippen LogP contribution in [-0.4, -0.2) is 153 Å². The number of nitrogen functional groups attached to an aromatic ring is 3. The second-order valence-corrected chi connectivity index (χ2v) is 30.7. The van der Waals surface area contributed by atoms with Crippen LogP contribution in [0.3, 0.4) is 0 Å². The molecule has 0 atom stereocenters. The number of carbonyl (C=O) groups is 2. The molecule has 12 heterocycles. The number of aryl methyl sites for hydroxylation is 3. The Morgan fingerprint density at radius 3 is 1.33 bits per heavy atom. The lowest BCUT2D eigenvalue weighted by molar-refractivity contribution is 0.0435. The number of pyridine rings is 3. The van der Waals surface area contributed by atoms with Crippen molar-refractivity contribution in [2.45, 2.75) is 169 Å². The van der Waals surface area contributed by atoms with E-state index in [1.807, 2.05) is 94.6 Å². The van der Waals surface area contributed by atoms with Gasteiger partial charge in [0.2, 0.25) is 16.9 Å². The molecule has 0 bridgehead atoms. The highest BCUT2D eigenvalue weighted by Crippen LogP contribution is 2.41. The maximum Gasteiger partial charge on any atom is 0.408 e. The normalized spacial score (nSPS) is 16.0. The number of H-pyrrole nitrogens is 1. The van der Waals surface area contributed by atoms with Gasteiger partial charge in [0.15, 0.2) is 17.5 Å². The van der Waals surface area contributed by atoms with Crippen molar-refractivity contribution in [3.05, 3.63) is 97.0 Å². The van der Waals surface area contributed by atoms with Gasteiger partial charge in [-0.15, -0.1) is 30.6 Å². The highest BCUT2D eigenvalue weighted by atomic mass is 79.9. The molecule has 35 heteroatoms. The zero-order valence-corrected chi connectivity index (χ0v) is 61.8. The van der Waals surface area contributed by atoms with Gasteiger partial charge in [0.05, 0.1) is 36.7 Å². The lowest BCUT2D eigenvalue weighted by Crippen LogP contribution is -2.54. The third-order valence-corrected chi connectivity index (χ3v) is 21.2. The second kappa shape index (κ2) is 29.8. The summed E-state index contributed by atoms with van der Waals surface area (Å²) >= 11 is 29.5. The number of amides is 2. The van der Waals surface area contributed by atoms with Gasteiger partial charge in [-0.25, -0.2) is 34.5 Å². The Morgan fingerprint density at radius 2 is 0.958 bits per heavy atom. The molecule has 96 heavy (non-hydrogen) atoms. The lowest BCUT2D eigenvalue weighted by atomic mass is 9.90. The molecular weight excluding hydrogens is 1420 g/mol. The minimum Gasteiger partial charge on any atom is -0.444 e. The van der Waals surface area contributed by atoms with E-state index in [1.54, 1.807) is 43.6 Å². The summed E-state index contributed by atoms with van der Waals surface area (Å²) in [7, 11) is 0. The Labute approximate surface area is 593 Å². The zero-order valence-electron chi connectivity index (χ0n) is 55.5. The number of carbonyl (C=O) groups excluding carboxylic acids is 2. The largest absolute Gasteiger partial charge is 0.444 e. The second-order valence-electron chi connectivity index (χ2n) is 26.3. The molecule has 0 radical (unpaired) electrons. The Bertz CT molecular complexity index is 4340. The van der Waals surface area contributed by atoms with E-state index in [9.17, 15) is 9.59 Å². The molecule has 0 spiro atoms. The number of hydrogen-bond acceptors (Lipinski definition) is 25. The molecule has 9 aromatic heterocycles. The summed E-state index contributed by atoms with van der Waals surface area (Å²) in [5, 5.41) is 34.2. The van der Waals surface area contributed by atoms with E-state index in [4.69, 9.17) is 94.4 Å². The number of fused-ring (bicyclic) bond motifs is 3. The minimum atomic E-state index is -0.534. The van der Waals surface area contributed by atoms with Crippen LogP contribution in [-0.2, 0) is 9.47 Å². The molecular formula is C61H80BrCl3N24O4S3. The van der Waals surface area contributed by atoms with Crippen LogP contribution in [0.25, 0.3) is 16.9 Å². The number of nitrogens with zero attached hydrogens (tertiary/aromatic N) is 17. The van der Waals surface area contributed by atoms with E-state index in [2.05, 4.69) is 101 Å². The third kappa shape index (κ3) is 17.9. The fourth-order valence-electron chi connectivity index (χ4n) is 10.5. The molecule has 28 nitrogen and oxygen atoms in total. The van der Waals surface area contributed by atoms with E-state index in [-0.39, 0.29) is 28.5 Å². The highest BCUT2D eigenvalue weighted by Gasteiger charge is 2.37. The fourth-order valence-corrected chi connectivity index (χ4v) is 13.5. The fraction of sp³-hybridized carbons (Fsp3) is 0.475. The maximum absolute atomic E-state index is 12.3. The molecule has 9 aromatic rings. The first kappa shape index (κ1) is 72.9. The van der Waals surface area contributed by atoms with Crippen LogP contribution in [0.2, 0.25) is 15.1 Å². The minimum absolute atomic E-state index is 0.122. The number of aromatic nitrogens is 15. The predicted molar refractivity (Wildman–Crippen MR) is 383 cm³/mol. The molecule has 514 valence electrons. The van der Waals surface area contributed by atoms with Crippen molar-refractivity contribution in [3.63, 3.8) is 0 Å². The van der Waals surface area contributed by atoms with Gasteiger partial charge in [-0.2, -0.15) is 0 Å². The van der Waals surface area contributed by atoms with E-state index < -0.39 is 17.3 Å². The van der Waals surface area contributed by atoms with Gasteiger partial charge in [0.1, 0.15) is 62.3 Å². The Balaban J connectivity index is 0.000000160. The topological polar surface area (TPSA) is 361 Å².